The Balaban J connectivity index is 0.00000225. The molecule has 0 spiro atoms. The van der Waals surface area contributed by atoms with Gasteiger partial charge in [-0.2, -0.15) is 4.31 Å². The van der Waals surface area contributed by atoms with Gasteiger partial charge in [0, 0.05) is 32.8 Å². The van der Waals surface area contributed by atoms with Crippen molar-refractivity contribution >= 4 is 22.4 Å². The molecule has 7 heteroatoms. The van der Waals surface area contributed by atoms with Gasteiger partial charge in [0.15, 0.2) is 0 Å². The third kappa shape index (κ3) is 4.55. The zero-order valence-electron chi connectivity index (χ0n) is 9.97. The fourth-order valence-electron chi connectivity index (χ4n) is 1.62. The number of halogens is 1. The summed E-state index contributed by atoms with van der Waals surface area (Å²) in [6, 6.07) is 0.228. The van der Waals surface area contributed by atoms with Crippen LogP contribution in [-0.2, 0) is 14.8 Å². The molecule has 1 N–H and O–H groups in total. The van der Waals surface area contributed by atoms with Crippen molar-refractivity contribution in [1.29, 1.82) is 0 Å². The maximum atomic E-state index is 11.9. The van der Waals surface area contributed by atoms with Crippen LogP contribution in [0.4, 0.5) is 0 Å². The molecule has 0 aromatic rings. The Morgan fingerprint density at radius 1 is 1.56 bits per heavy atom. The molecule has 16 heavy (non-hydrogen) atoms. The summed E-state index contributed by atoms with van der Waals surface area (Å²) in [4.78, 5) is 0. The van der Waals surface area contributed by atoms with E-state index in [1.807, 2.05) is 6.92 Å². The highest BCUT2D eigenvalue weighted by atomic mass is 35.5. The van der Waals surface area contributed by atoms with Gasteiger partial charge >= 0.3 is 0 Å². The molecule has 1 fully saturated rings. The van der Waals surface area contributed by atoms with E-state index in [1.54, 1.807) is 11.2 Å². The highest BCUT2D eigenvalue weighted by Crippen LogP contribution is 2.08. The summed E-state index contributed by atoms with van der Waals surface area (Å²) in [5, 5.41) is 3.21. The number of piperazine rings is 1. The maximum Gasteiger partial charge on any atom is 0.216 e. The smallest absolute Gasteiger partial charge is 0.216 e. The average Bonchev–Trinajstić information content (AvgIpc) is 2.17. The van der Waals surface area contributed by atoms with Gasteiger partial charge in [0.2, 0.25) is 10.0 Å². The van der Waals surface area contributed by atoms with Crippen LogP contribution in [0.25, 0.3) is 0 Å². The van der Waals surface area contributed by atoms with Gasteiger partial charge in [0.25, 0.3) is 0 Å². The van der Waals surface area contributed by atoms with Crippen molar-refractivity contribution in [2.24, 2.45) is 0 Å². The third-order valence-electron chi connectivity index (χ3n) is 2.57. The van der Waals surface area contributed by atoms with E-state index in [1.165, 1.54) is 7.11 Å². The fraction of sp³-hybridized carbons (Fsp3) is 1.00. The van der Waals surface area contributed by atoms with E-state index >= 15 is 0 Å². The quantitative estimate of drug-likeness (QED) is 0.787. The minimum absolute atomic E-state index is 0. The van der Waals surface area contributed by atoms with Crippen molar-refractivity contribution in [3.05, 3.63) is 0 Å². The van der Waals surface area contributed by atoms with E-state index in [0.717, 1.165) is 6.54 Å². The van der Waals surface area contributed by atoms with E-state index in [0.29, 0.717) is 13.1 Å². The first-order valence-electron chi connectivity index (χ1n) is 5.19. The Morgan fingerprint density at radius 2 is 2.19 bits per heavy atom. The lowest BCUT2D eigenvalue weighted by Crippen LogP contribution is -2.52. The van der Waals surface area contributed by atoms with Gasteiger partial charge in [0.05, 0.1) is 11.9 Å². The molecule has 1 aliphatic heterocycles. The summed E-state index contributed by atoms with van der Waals surface area (Å²) in [5.74, 6) is 0.0657. The molecular weight excluding hydrogens is 252 g/mol. The average molecular weight is 273 g/mol. The molecular formula is C9H21ClN2O3S. The molecule has 1 aliphatic rings. The van der Waals surface area contributed by atoms with Gasteiger partial charge in [-0.1, -0.05) is 0 Å². The molecule has 0 aliphatic carbocycles. The zero-order valence-corrected chi connectivity index (χ0v) is 11.6. The predicted molar refractivity (Wildman–Crippen MR) is 66.5 cm³/mol. The molecule has 0 bridgehead atoms. The van der Waals surface area contributed by atoms with Crippen molar-refractivity contribution in [2.75, 3.05) is 32.5 Å². The van der Waals surface area contributed by atoms with Gasteiger partial charge in [-0.3, -0.25) is 0 Å². The first kappa shape index (κ1) is 16.1. The molecule has 2 unspecified atom stereocenters. The molecule has 2 atom stereocenters. The topological polar surface area (TPSA) is 58.6 Å². The van der Waals surface area contributed by atoms with Crippen LogP contribution in [-0.4, -0.2) is 57.4 Å². The van der Waals surface area contributed by atoms with E-state index in [-0.39, 0.29) is 30.3 Å². The standard InChI is InChI=1S/C9H20N2O3S.ClH/c1-8-6-11(5-4-10-8)15(12,13)7-9(2)14-3;/h8-10H,4-7H2,1-3H3;1H. The Labute approximate surface area is 104 Å². The minimum atomic E-state index is -3.16. The summed E-state index contributed by atoms with van der Waals surface area (Å²) in [6.45, 7) is 5.59. The van der Waals surface area contributed by atoms with Gasteiger partial charge in [-0.15, -0.1) is 12.4 Å². The number of methoxy groups -OCH3 is 1. The molecule has 5 nitrogen and oxygen atoms in total. The molecule has 1 rings (SSSR count). The number of nitrogens with zero attached hydrogens (tertiary/aromatic N) is 1. The van der Waals surface area contributed by atoms with Crippen LogP contribution in [0.2, 0.25) is 0 Å². The predicted octanol–water partition coefficient (Wildman–Crippen LogP) is 0.0666. The molecule has 98 valence electrons. The van der Waals surface area contributed by atoms with Gasteiger partial charge in [-0.25, -0.2) is 8.42 Å². The molecule has 0 aromatic heterocycles. The second-order valence-electron chi connectivity index (χ2n) is 4.04. The van der Waals surface area contributed by atoms with Crippen LogP contribution in [0, 0.1) is 0 Å². The zero-order chi connectivity index (χ0) is 11.5. The van der Waals surface area contributed by atoms with E-state index in [9.17, 15) is 8.42 Å². The highest BCUT2D eigenvalue weighted by Gasteiger charge is 2.28. The second kappa shape index (κ2) is 6.76. The van der Waals surface area contributed by atoms with Gasteiger partial charge in [-0.05, 0) is 13.8 Å². The van der Waals surface area contributed by atoms with Gasteiger partial charge < -0.3 is 10.1 Å². The lowest BCUT2D eigenvalue weighted by Gasteiger charge is -2.31. The third-order valence-corrected chi connectivity index (χ3v) is 4.58. The summed E-state index contributed by atoms with van der Waals surface area (Å²) < 4.78 is 30.4. The van der Waals surface area contributed by atoms with E-state index in [4.69, 9.17) is 4.74 Å². The fourth-order valence-corrected chi connectivity index (χ4v) is 3.38. The first-order valence-corrected chi connectivity index (χ1v) is 6.80. The summed E-state index contributed by atoms with van der Waals surface area (Å²) in [6.07, 6.45) is -0.250. The number of rotatable bonds is 4. The maximum absolute atomic E-state index is 11.9. The number of hydrogen-bond acceptors (Lipinski definition) is 4. The van der Waals surface area contributed by atoms with Crippen LogP contribution in [0.1, 0.15) is 13.8 Å². The Bertz CT molecular complexity index is 297. The highest BCUT2D eigenvalue weighted by molar-refractivity contribution is 7.89. The Morgan fingerprint density at radius 3 is 2.69 bits per heavy atom. The molecule has 0 saturated carbocycles. The summed E-state index contributed by atoms with van der Waals surface area (Å²) >= 11 is 0. The van der Waals surface area contributed by atoms with Crippen molar-refractivity contribution < 1.29 is 13.2 Å². The number of hydrogen-bond donors (Lipinski definition) is 1. The van der Waals surface area contributed by atoms with Crippen LogP contribution in [0.15, 0.2) is 0 Å². The van der Waals surface area contributed by atoms with Crippen molar-refractivity contribution in [1.82, 2.24) is 9.62 Å². The molecule has 0 radical (unpaired) electrons. The summed E-state index contributed by atoms with van der Waals surface area (Å²) in [7, 11) is -1.63. The lowest BCUT2D eigenvalue weighted by molar-refractivity contribution is 0.134. The van der Waals surface area contributed by atoms with E-state index < -0.39 is 10.0 Å². The number of nitrogens with one attached hydrogen (secondary N) is 1. The van der Waals surface area contributed by atoms with Crippen LogP contribution in [0.3, 0.4) is 0 Å². The molecule has 0 amide bonds. The monoisotopic (exact) mass is 272 g/mol. The lowest BCUT2D eigenvalue weighted by atomic mass is 10.3. The molecule has 0 aromatic carbocycles. The van der Waals surface area contributed by atoms with Crippen molar-refractivity contribution in [3.63, 3.8) is 0 Å². The Hall–Kier alpha value is 0.120. The van der Waals surface area contributed by atoms with Gasteiger partial charge in [0.1, 0.15) is 0 Å². The van der Waals surface area contributed by atoms with E-state index in [2.05, 4.69) is 5.32 Å². The van der Waals surface area contributed by atoms with Crippen molar-refractivity contribution in [2.45, 2.75) is 26.0 Å². The second-order valence-corrected chi connectivity index (χ2v) is 6.05. The van der Waals surface area contributed by atoms with Crippen LogP contribution < -0.4 is 5.32 Å². The first-order chi connectivity index (χ1) is 6.95. The Kier molecular flexibility index (Phi) is 6.81. The number of ether oxygens (including phenoxy) is 1. The number of sulfonamides is 1. The molecule has 1 saturated heterocycles. The van der Waals surface area contributed by atoms with Crippen LogP contribution >= 0.6 is 12.4 Å². The molecule has 1 heterocycles. The SMILES string of the molecule is COC(C)CS(=O)(=O)N1CCNC(C)C1.Cl. The van der Waals surface area contributed by atoms with Crippen LogP contribution in [0.5, 0.6) is 0 Å². The van der Waals surface area contributed by atoms with Crippen molar-refractivity contribution in [3.8, 4) is 0 Å². The summed E-state index contributed by atoms with van der Waals surface area (Å²) in [5.41, 5.74) is 0. The normalized spacial score (nSPS) is 24.8. The minimum Gasteiger partial charge on any atom is -0.381 e. The largest absolute Gasteiger partial charge is 0.381 e.